The fraction of sp³-hybridized carbons (Fsp3) is 0.0612. The van der Waals surface area contributed by atoms with Gasteiger partial charge in [-0.25, -0.2) is 9.97 Å². The monoisotopic (exact) mass is 652 g/mol. The lowest BCUT2D eigenvalue weighted by Crippen LogP contribution is -2.14. The summed E-state index contributed by atoms with van der Waals surface area (Å²) >= 11 is 0. The summed E-state index contributed by atoms with van der Waals surface area (Å²) in [5.41, 5.74) is 17.1. The van der Waals surface area contributed by atoms with Crippen molar-refractivity contribution in [1.29, 1.82) is 0 Å². The summed E-state index contributed by atoms with van der Waals surface area (Å²) in [6.07, 6.45) is 0. The van der Waals surface area contributed by atoms with Crippen LogP contribution in [0.25, 0.3) is 78.4 Å². The van der Waals surface area contributed by atoms with Crippen molar-refractivity contribution in [2.45, 2.75) is 19.3 Å². The van der Waals surface area contributed by atoms with Crippen LogP contribution in [0.2, 0.25) is 0 Å². The lowest BCUT2D eigenvalue weighted by Gasteiger charge is -2.22. The minimum Gasteiger partial charge on any atom is -0.228 e. The van der Waals surface area contributed by atoms with E-state index in [1.54, 1.807) is 0 Å². The molecule has 1 aliphatic carbocycles. The highest BCUT2D eigenvalue weighted by atomic mass is 14.9. The molecule has 9 rings (SSSR count). The van der Waals surface area contributed by atoms with E-state index in [1.165, 1.54) is 33.4 Å². The summed E-state index contributed by atoms with van der Waals surface area (Å²) in [5, 5.41) is 0. The van der Waals surface area contributed by atoms with Gasteiger partial charge in [-0.1, -0.05) is 172 Å². The Morgan fingerprint density at radius 3 is 1.53 bits per heavy atom. The summed E-state index contributed by atoms with van der Waals surface area (Å²) < 4.78 is 0. The molecule has 0 bridgehead atoms. The predicted molar refractivity (Wildman–Crippen MR) is 212 cm³/mol. The van der Waals surface area contributed by atoms with Crippen molar-refractivity contribution in [2.75, 3.05) is 0 Å². The van der Waals surface area contributed by atoms with E-state index >= 15 is 0 Å². The van der Waals surface area contributed by atoms with E-state index in [9.17, 15) is 0 Å². The zero-order valence-corrected chi connectivity index (χ0v) is 28.7. The van der Waals surface area contributed by atoms with Crippen LogP contribution in [0, 0.1) is 0 Å². The Balaban J connectivity index is 1.37. The summed E-state index contributed by atoms with van der Waals surface area (Å²) in [4.78, 5) is 10.5. The number of hydrogen-bond acceptors (Lipinski definition) is 2. The highest BCUT2D eigenvalue weighted by Gasteiger charge is 2.35. The number of fused-ring (bicyclic) bond motifs is 3. The topological polar surface area (TPSA) is 25.8 Å². The van der Waals surface area contributed by atoms with Crippen LogP contribution < -0.4 is 0 Å². The van der Waals surface area contributed by atoms with Crippen molar-refractivity contribution in [3.63, 3.8) is 0 Å². The maximum absolute atomic E-state index is 5.35. The van der Waals surface area contributed by atoms with E-state index in [-0.39, 0.29) is 5.41 Å². The molecule has 8 aromatic rings. The molecule has 2 heteroatoms. The Hall–Kier alpha value is -6.38. The second-order valence-corrected chi connectivity index (χ2v) is 13.8. The highest BCUT2D eigenvalue weighted by molar-refractivity contribution is 5.99. The third-order valence-electron chi connectivity index (χ3n) is 10.3. The van der Waals surface area contributed by atoms with Gasteiger partial charge in [0, 0.05) is 22.1 Å². The smallest absolute Gasteiger partial charge is 0.160 e. The third-order valence-corrected chi connectivity index (χ3v) is 10.3. The van der Waals surface area contributed by atoms with Gasteiger partial charge in [0.2, 0.25) is 0 Å². The van der Waals surface area contributed by atoms with Crippen molar-refractivity contribution >= 4 is 0 Å². The van der Waals surface area contributed by atoms with Gasteiger partial charge in [-0.15, -0.1) is 0 Å². The molecule has 7 aromatic carbocycles. The van der Waals surface area contributed by atoms with Crippen LogP contribution >= 0.6 is 0 Å². The van der Waals surface area contributed by atoms with Crippen LogP contribution in [-0.4, -0.2) is 9.97 Å². The molecule has 242 valence electrons. The standard InChI is InChI=1S/C49H36N2/c1-49(2)43-26-16-15-25-39(43)41-29-37(27-28-44(41)49)40-30-38(33-17-7-3-8-18-33)31-42(47(40)35-21-11-5-12-22-35)46-32-45(34-19-9-4-10-20-34)50-48(51-46)36-23-13-6-14-24-36/h3-32H,1-2H3. The molecule has 1 heterocycles. The van der Waals surface area contributed by atoms with Crippen molar-refractivity contribution < 1.29 is 0 Å². The predicted octanol–water partition coefficient (Wildman–Crippen LogP) is 12.8. The van der Waals surface area contributed by atoms with Crippen LogP contribution in [0.3, 0.4) is 0 Å². The maximum atomic E-state index is 5.35. The molecule has 0 saturated carbocycles. The van der Waals surface area contributed by atoms with Gasteiger partial charge in [0.25, 0.3) is 0 Å². The van der Waals surface area contributed by atoms with E-state index in [2.05, 4.69) is 172 Å². The van der Waals surface area contributed by atoms with Crippen molar-refractivity contribution in [3.05, 3.63) is 193 Å². The zero-order valence-electron chi connectivity index (χ0n) is 28.7. The molecule has 0 spiro atoms. The quantitative estimate of drug-likeness (QED) is 0.179. The highest BCUT2D eigenvalue weighted by Crippen LogP contribution is 2.51. The summed E-state index contributed by atoms with van der Waals surface area (Å²) in [7, 11) is 0. The number of aromatic nitrogens is 2. The van der Waals surface area contributed by atoms with Crippen molar-refractivity contribution in [1.82, 2.24) is 9.97 Å². The molecule has 0 atom stereocenters. The van der Waals surface area contributed by atoms with Gasteiger partial charge in [0.15, 0.2) is 5.82 Å². The molecule has 0 aliphatic heterocycles. The first-order chi connectivity index (χ1) is 25.0. The molecule has 51 heavy (non-hydrogen) atoms. The molecular formula is C49H36N2. The summed E-state index contributed by atoms with van der Waals surface area (Å²) in [5.74, 6) is 0.703. The molecule has 0 amide bonds. The molecular weight excluding hydrogens is 617 g/mol. The van der Waals surface area contributed by atoms with Crippen LogP contribution in [-0.2, 0) is 5.41 Å². The lowest BCUT2D eigenvalue weighted by atomic mass is 9.81. The average molecular weight is 653 g/mol. The lowest BCUT2D eigenvalue weighted by molar-refractivity contribution is 0.660. The first kappa shape index (κ1) is 30.7. The second kappa shape index (κ2) is 12.5. The van der Waals surface area contributed by atoms with E-state index in [4.69, 9.17) is 9.97 Å². The molecule has 2 nitrogen and oxygen atoms in total. The fourth-order valence-corrected chi connectivity index (χ4v) is 7.73. The fourth-order valence-electron chi connectivity index (χ4n) is 7.73. The van der Waals surface area contributed by atoms with E-state index < -0.39 is 0 Å². The second-order valence-electron chi connectivity index (χ2n) is 13.8. The molecule has 0 unspecified atom stereocenters. The van der Waals surface area contributed by atoms with Gasteiger partial charge in [0.1, 0.15) is 0 Å². The van der Waals surface area contributed by atoms with Crippen molar-refractivity contribution in [3.8, 4) is 78.4 Å². The maximum Gasteiger partial charge on any atom is 0.160 e. The van der Waals surface area contributed by atoms with Crippen LogP contribution in [0.15, 0.2) is 182 Å². The first-order valence-corrected chi connectivity index (χ1v) is 17.6. The zero-order chi connectivity index (χ0) is 34.4. The number of rotatable bonds is 6. The van der Waals surface area contributed by atoms with Gasteiger partial charge >= 0.3 is 0 Å². The molecule has 0 N–H and O–H groups in total. The molecule has 0 radical (unpaired) electrons. The van der Waals surface area contributed by atoms with Crippen LogP contribution in [0.1, 0.15) is 25.0 Å². The number of benzene rings is 7. The Bertz CT molecular complexity index is 2460. The summed E-state index contributed by atoms with van der Waals surface area (Å²) in [6.45, 7) is 4.68. The molecule has 1 aromatic heterocycles. The van der Waals surface area contributed by atoms with Gasteiger partial charge in [-0.2, -0.15) is 0 Å². The third kappa shape index (κ3) is 5.46. The Morgan fingerprint density at radius 1 is 0.333 bits per heavy atom. The van der Waals surface area contributed by atoms with E-state index in [0.717, 1.165) is 50.3 Å². The Kier molecular flexibility index (Phi) is 7.51. The first-order valence-electron chi connectivity index (χ1n) is 17.6. The Morgan fingerprint density at radius 2 is 0.843 bits per heavy atom. The summed E-state index contributed by atoms with van der Waals surface area (Å²) in [6, 6.07) is 64.9. The average Bonchev–Trinajstić information content (AvgIpc) is 3.44. The minimum absolute atomic E-state index is 0.0631. The van der Waals surface area contributed by atoms with Gasteiger partial charge in [-0.3, -0.25) is 0 Å². The molecule has 0 saturated heterocycles. The Labute approximate surface area is 299 Å². The SMILES string of the molecule is CC1(C)c2ccccc2-c2cc(-c3cc(-c4ccccc4)cc(-c4cc(-c5ccccc5)nc(-c5ccccc5)n4)c3-c3ccccc3)ccc21. The van der Waals surface area contributed by atoms with Crippen LogP contribution in [0.4, 0.5) is 0 Å². The van der Waals surface area contributed by atoms with Gasteiger partial charge in [-0.05, 0) is 79.9 Å². The van der Waals surface area contributed by atoms with Gasteiger partial charge in [0.05, 0.1) is 11.4 Å². The van der Waals surface area contributed by atoms with E-state index in [1.807, 2.05) is 24.3 Å². The molecule has 0 fully saturated rings. The number of nitrogens with zero attached hydrogens (tertiary/aromatic N) is 2. The largest absolute Gasteiger partial charge is 0.228 e. The minimum atomic E-state index is -0.0631. The van der Waals surface area contributed by atoms with E-state index in [0.29, 0.717) is 5.82 Å². The van der Waals surface area contributed by atoms with Crippen LogP contribution in [0.5, 0.6) is 0 Å². The molecule has 1 aliphatic rings. The number of hydrogen-bond donors (Lipinski definition) is 0. The normalized spacial score (nSPS) is 12.7. The van der Waals surface area contributed by atoms with Gasteiger partial charge < -0.3 is 0 Å². The van der Waals surface area contributed by atoms with Crippen molar-refractivity contribution in [2.24, 2.45) is 0 Å².